The van der Waals surface area contributed by atoms with Crippen LogP contribution in [0.15, 0.2) is 30.7 Å². The van der Waals surface area contributed by atoms with E-state index in [-0.39, 0.29) is 11.9 Å². The van der Waals surface area contributed by atoms with E-state index in [2.05, 4.69) is 24.1 Å². The van der Waals surface area contributed by atoms with E-state index in [4.69, 9.17) is 0 Å². The van der Waals surface area contributed by atoms with Gasteiger partial charge in [-0.25, -0.2) is 0 Å². The number of likely N-dealkylation sites (tertiary alicyclic amines) is 1. The lowest BCUT2D eigenvalue weighted by molar-refractivity contribution is 0.0695. The van der Waals surface area contributed by atoms with Crippen LogP contribution in [0.5, 0.6) is 0 Å². The Kier molecular flexibility index (Phi) is 4.26. The van der Waals surface area contributed by atoms with Gasteiger partial charge < -0.3 is 14.4 Å². The van der Waals surface area contributed by atoms with Gasteiger partial charge in [0.2, 0.25) is 0 Å². The van der Waals surface area contributed by atoms with Crippen molar-refractivity contribution in [1.82, 2.24) is 24.1 Å². The number of likely N-dealkylation sites (N-methyl/N-ethyl adjacent to an activating group) is 1. The number of amides is 1. The van der Waals surface area contributed by atoms with Crippen molar-refractivity contribution in [3.05, 3.63) is 42.0 Å². The fourth-order valence-corrected chi connectivity index (χ4v) is 3.59. The Hall–Kier alpha value is -2.08. The number of nitrogens with zero attached hydrogens (tertiary/aromatic N) is 5. The van der Waals surface area contributed by atoms with E-state index in [1.54, 1.807) is 0 Å². The minimum absolute atomic E-state index is 0.121. The lowest BCUT2D eigenvalue weighted by Gasteiger charge is -2.31. The molecule has 23 heavy (non-hydrogen) atoms. The van der Waals surface area contributed by atoms with Crippen LogP contribution in [0.1, 0.15) is 22.5 Å². The molecule has 1 fully saturated rings. The van der Waals surface area contributed by atoms with Crippen LogP contribution in [0.2, 0.25) is 0 Å². The highest BCUT2D eigenvalue weighted by Gasteiger charge is 2.39. The number of aryl methyl sites for hydroxylation is 2. The summed E-state index contributed by atoms with van der Waals surface area (Å²) in [6.07, 6.45) is 7.70. The summed E-state index contributed by atoms with van der Waals surface area (Å²) in [6.45, 7) is 0.803. The van der Waals surface area contributed by atoms with Crippen LogP contribution in [-0.2, 0) is 20.5 Å². The normalized spacial score (nSPS) is 21.3. The molecule has 3 heterocycles. The van der Waals surface area contributed by atoms with E-state index < -0.39 is 0 Å². The van der Waals surface area contributed by atoms with Gasteiger partial charge in [-0.15, -0.1) is 0 Å². The van der Waals surface area contributed by atoms with E-state index >= 15 is 0 Å². The molecule has 2 atom stereocenters. The summed E-state index contributed by atoms with van der Waals surface area (Å²) in [7, 11) is 8.03. The topological polar surface area (TPSA) is 46.3 Å². The fourth-order valence-electron chi connectivity index (χ4n) is 3.59. The second-order valence-electron chi connectivity index (χ2n) is 6.62. The van der Waals surface area contributed by atoms with Gasteiger partial charge >= 0.3 is 0 Å². The van der Waals surface area contributed by atoms with E-state index in [0.29, 0.717) is 6.04 Å². The molecule has 0 spiro atoms. The van der Waals surface area contributed by atoms with Crippen LogP contribution in [0.25, 0.3) is 0 Å². The zero-order valence-corrected chi connectivity index (χ0v) is 14.3. The SMILES string of the molecule is CN(C)[C@@H]1CCN(C(=O)c2cccn2C)[C@H]1Cc1cnn(C)c1. The van der Waals surface area contributed by atoms with Gasteiger partial charge in [-0.05, 0) is 44.6 Å². The molecule has 1 aliphatic heterocycles. The molecule has 2 aromatic rings. The number of carbonyl (C=O) groups is 1. The van der Waals surface area contributed by atoms with Crippen molar-refractivity contribution < 1.29 is 4.79 Å². The molecular weight excluding hydrogens is 290 g/mol. The molecule has 1 saturated heterocycles. The first-order chi connectivity index (χ1) is 11.0. The number of hydrogen-bond donors (Lipinski definition) is 0. The summed E-state index contributed by atoms with van der Waals surface area (Å²) < 4.78 is 3.71. The molecule has 0 N–H and O–H groups in total. The third-order valence-electron chi connectivity index (χ3n) is 4.80. The quantitative estimate of drug-likeness (QED) is 0.850. The number of aromatic nitrogens is 3. The van der Waals surface area contributed by atoms with E-state index in [9.17, 15) is 4.79 Å². The largest absolute Gasteiger partial charge is 0.347 e. The van der Waals surface area contributed by atoms with Crippen molar-refractivity contribution in [1.29, 1.82) is 0 Å². The predicted molar refractivity (Wildman–Crippen MR) is 89.2 cm³/mol. The lowest BCUT2D eigenvalue weighted by Crippen LogP contribution is -2.46. The summed E-state index contributed by atoms with van der Waals surface area (Å²) in [6, 6.07) is 4.37. The Morgan fingerprint density at radius 1 is 1.39 bits per heavy atom. The summed E-state index contributed by atoms with van der Waals surface area (Å²) in [5, 5.41) is 4.26. The van der Waals surface area contributed by atoms with Crippen LogP contribution in [0, 0.1) is 0 Å². The van der Waals surface area contributed by atoms with Crippen LogP contribution >= 0.6 is 0 Å². The van der Waals surface area contributed by atoms with Gasteiger partial charge in [-0.1, -0.05) is 0 Å². The molecule has 2 aromatic heterocycles. The van der Waals surface area contributed by atoms with Gasteiger partial charge in [0.15, 0.2) is 0 Å². The summed E-state index contributed by atoms with van der Waals surface area (Å²) >= 11 is 0. The molecule has 0 unspecified atom stereocenters. The van der Waals surface area contributed by atoms with Gasteiger partial charge in [0.1, 0.15) is 5.69 Å². The second-order valence-corrected chi connectivity index (χ2v) is 6.62. The molecule has 6 nitrogen and oxygen atoms in total. The summed E-state index contributed by atoms with van der Waals surface area (Å²) in [4.78, 5) is 17.2. The maximum absolute atomic E-state index is 13.0. The first-order valence-electron chi connectivity index (χ1n) is 8.03. The zero-order valence-electron chi connectivity index (χ0n) is 14.3. The Balaban J connectivity index is 1.86. The second kappa shape index (κ2) is 6.20. The van der Waals surface area contributed by atoms with Crippen molar-refractivity contribution in [2.24, 2.45) is 14.1 Å². The van der Waals surface area contributed by atoms with Crippen LogP contribution < -0.4 is 0 Å². The minimum atomic E-state index is 0.121. The standard InChI is InChI=1S/C17H25N5O/c1-19(2)14-7-9-22(17(23)15-6-5-8-20(15)3)16(14)10-13-11-18-21(4)12-13/h5-6,8,11-12,14,16H,7,9-10H2,1-4H3/t14-,16+/m1/s1. The van der Waals surface area contributed by atoms with Gasteiger partial charge in [0.05, 0.1) is 12.2 Å². The molecule has 1 amide bonds. The average molecular weight is 315 g/mol. The number of hydrogen-bond acceptors (Lipinski definition) is 3. The first kappa shape index (κ1) is 15.8. The summed E-state index contributed by atoms with van der Waals surface area (Å²) in [5.41, 5.74) is 1.93. The Bertz CT molecular complexity index is 687. The van der Waals surface area contributed by atoms with Gasteiger partial charge in [0.25, 0.3) is 5.91 Å². The molecule has 6 heteroatoms. The van der Waals surface area contributed by atoms with E-state index in [1.807, 2.05) is 59.0 Å². The van der Waals surface area contributed by atoms with E-state index in [1.165, 1.54) is 5.56 Å². The van der Waals surface area contributed by atoms with Crippen LogP contribution in [0.3, 0.4) is 0 Å². The summed E-state index contributed by atoms with van der Waals surface area (Å²) in [5.74, 6) is 0.121. The number of carbonyl (C=O) groups excluding carboxylic acids is 1. The highest BCUT2D eigenvalue weighted by atomic mass is 16.2. The maximum atomic E-state index is 13.0. The Morgan fingerprint density at radius 3 is 2.74 bits per heavy atom. The Morgan fingerprint density at radius 2 is 2.17 bits per heavy atom. The minimum Gasteiger partial charge on any atom is -0.347 e. The van der Waals surface area contributed by atoms with Crippen molar-refractivity contribution in [3.8, 4) is 0 Å². The highest BCUT2D eigenvalue weighted by molar-refractivity contribution is 5.93. The van der Waals surface area contributed by atoms with Crippen LogP contribution in [-0.4, -0.2) is 62.8 Å². The smallest absolute Gasteiger partial charge is 0.270 e. The highest BCUT2D eigenvalue weighted by Crippen LogP contribution is 2.26. The maximum Gasteiger partial charge on any atom is 0.270 e. The third-order valence-corrected chi connectivity index (χ3v) is 4.80. The van der Waals surface area contributed by atoms with Gasteiger partial charge in [-0.3, -0.25) is 9.48 Å². The van der Waals surface area contributed by atoms with Gasteiger partial charge in [-0.2, -0.15) is 5.10 Å². The van der Waals surface area contributed by atoms with Crippen molar-refractivity contribution in [3.63, 3.8) is 0 Å². The van der Waals surface area contributed by atoms with Crippen molar-refractivity contribution in [2.45, 2.75) is 24.9 Å². The van der Waals surface area contributed by atoms with Crippen LogP contribution in [0.4, 0.5) is 0 Å². The lowest BCUT2D eigenvalue weighted by atomic mass is 10.0. The van der Waals surface area contributed by atoms with Crippen molar-refractivity contribution >= 4 is 5.91 Å². The molecular formula is C17H25N5O. The molecule has 0 bridgehead atoms. The van der Waals surface area contributed by atoms with Crippen molar-refractivity contribution in [2.75, 3.05) is 20.6 Å². The number of rotatable bonds is 4. The molecule has 0 aromatic carbocycles. The molecule has 3 rings (SSSR count). The predicted octanol–water partition coefficient (Wildman–Crippen LogP) is 1.15. The van der Waals surface area contributed by atoms with E-state index in [0.717, 1.165) is 25.1 Å². The molecule has 1 aliphatic rings. The molecule has 124 valence electrons. The molecule has 0 aliphatic carbocycles. The Labute approximate surface area is 137 Å². The molecule has 0 saturated carbocycles. The average Bonchev–Trinajstić information content (AvgIpc) is 3.19. The zero-order chi connectivity index (χ0) is 16.6. The molecule has 0 radical (unpaired) electrons. The first-order valence-corrected chi connectivity index (χ1v) is 8.03. The van der Waals surface area contributed by atoms with Gasteiger partial charge in [0, 0.05) is 39.1 Å². The third kappa shape index (κ3) is 3.03. The fraction of sp³-hybridized carbons (Fsp3) is 0.529. The monoisotopic (exact) mass is 315 g/mol.